The van der Waals surface area contributed by atoms with E-state index >= 15 is 0 Å². The molecule has 2 aromatic rings. The molecule has 0 bridgehead atoms. The number of anilines is 1. The van der Waals surface area contributed by atoms with E-state index in [4.69, 9.17) is 0 Å². The number of hydrogen-bond acceptors (Lipinski definition) is 4. The van der Waals surface area contributed by atoms with Gasteiger partial charge in [0.25, 0.3) is 5.91 Å². The van der Waals surface area contributed by atoms with E-state index in [1.165, 1.54) is 20.2 Å². The lowest BCUT2D eigenvalue weighted by Crippen LogP contribution is -2.23. The van der Waals surface area contributed by atoms with Crippen molar-refractivity contribution < 1.29 is 13.2 Å². The van der Waals surface area contributed by atoms with Crippen LogP contribution in [0.1, 0.15) is 21.6 Å². The highest BCUT2D eigenvalue weighted by atomic mass is 32.2. The zero-order valence-corrected chi connectivity index (χ0v) is 14.3. The van der Waals surface area contributed by atoms with Crippen molar-refractivity contribution in [3.8, 4) is 0 Å². The fourth-order valence-electron chi connectivity index (χ4n) is 2.04. The van der Waals surface area contributed by atoms with Gasteiger partial charge in [-0.2, -0.15) is 0 Å². The maximum atomic E-state index is 12.3. The van der Waals surface area contributed by atoms with Crippen molar-refractivity contribution in [3.63, 3.8) is 0 Å². The minimum Gasteiger partial charge on any atom is -0.322 e. The summed E-state index contributed by atoms with van der Waals surface area (Å²) in [5.41, 5.74) is 2.27. The van der Waals surface area contributed by atoms with Gasteiger partial charge in [-0.25, -0.2) is 12.7 Å². The second-order valence-electron chi connectivity index (χ2n) is 5.41. The molecular formula is C16H19N3O3S. The number of pyridine rings is 1. The Kier molecular flexibility index (Phi) is 4.82. The van der Waals surface area contributed by atoms with E-state index in [1.54, 1.807) is 37.4 Å². The average molecular weight is 333 g/mol. The number of nitrogens with one attached hydrogen (secondary N) is 1. The first-order valence-electron chi connectivity index (χ1n) is 6.99. The molecule has 122 valence electrons. The number of aromatic nitrogens is 1. The molecule has 0 atom stereocenters. The topological polar surface area (TPSA) is 79.4 Å². The van der Waals surface area contributed by atoms with Gasteiger partial charge >= 0.3 is 0 Å². The van der Waals surface area contributed by atoms with Crippen LogP contribution in [-0.4, -0.2) is 37.7 Å². The highest BCUT2D eigenvalue weighted by Crippen LogP contribution is 2.20. The number of hydrogen-bond donors (Lipinski definition) is 1. The molecule has 1 heterocycles. The van der Waals surface area contributed by atoms with Gasteiger partial charge in [-0.3, -0.25) is 9.78 Å². The summed E-state index contributed by atoms with van der Waals surface area (Å²) < 4.78 is 25.8. The Balaban J connectivity index is 2.36. The maximum Gasteiger partial charge on any atom is 0.255 e. The van der Waals surface area contributed by atoms with Crippen LogP contribution in [0.3, 0.4) is 0 Å². The minimum atomic E-state index is -3.60. The van der Waals surface area contributed by atoms with Crippen LogP contribution < -0.4 is 5.32 Å². The van der Waals surface area contributed by atoms with Gasteiger partial charge in [0, 0.05) is 37.2 Å². The van der Waals surface area contributed by atoms with E-state index in [1.807, 2.05) is 6.92 Å². The first kappa shape index (κ1) is 17.1. The third-order valence-corrected chi connectivity index (χ3v) is 5.32. The number of benzene rings is 1. The van der Waals surface area contributed by atoms with Gasteiger partial charge in [0.1, 0.15) is 0 Å². The first-order valence-corrected chi connectivity index (χ1v) is 8.43. The van der Waals surface area contributed by atoms with E-state index in [2.05, 4.69) is 10.3 Å². The second-order valence-corrected chi connectivity index (χ2v) is 7.53. The predicted octanol–water partition coefficient (Wildman–Crippen LogP) is 2.20. The molecule has 6 nitrogen and oxygen atoms in total. The van der Waals surface area contributed by atoms with Gasteiger partial charge in [0.15, 0.2) is 0 Å². The Bertz CT molecular complexity index is 845. The van der Waals surface area contributed by atoms with Crippen LogP contribution in [0.25, 0.3) is 0 Å². The highest BCUT2D eigenvalue weighted by molar-refractivity contribution is 7.89. The van der Waals surface area contributed by atoms with Crippen molar-refractivity contribution in [2.45, 2.75) is 18.7 Å². The Morgan fingerprint density at radius 3 is 2.43 bits per heavy atom. The molecule has 1 aromatic carbocycles. The monoisotopic (exact) mass is 333 g/mol. The number of rotatable bonds is 4. The van der Waals surface area contributed by atoms with Crippen LogP contribution >= 0.6 is 0 Å². The molecule has 0 fully saturated rings. The summed E-state index contributed by atoms with van der Waals surface area (Å²) in [6.45, 7) is 3.52. The molecule has 1 N–H and O–H groups in total. The van der Waals surface area contributed by atoms with E-state index < -0.39 is 10.0 Å². The molecular weight excluding hydrogens is 314 g/mol. The van der Waals surface area contributed by atoms with Gasteiger partial charge in [0.2, 0.25) is 10.0 Å². The first-order chi connectivity index (χ1) is 10.7. The Morgan fingerprint density at radius 2 is 1.83 bits per heavy atom. The molecule has 7 heteroatoms. The summed E-state index contributed by atoms with van der Waals surface area (Å²) in [5.74, 6) is -0.370. The summed E-state index contributed by atoms with van der Waals surface area (Å²) in [6, 6.07) is 8.05. The fraction of sp³-hybridized carbons (Fsp3) is 0.250. The summed E-state index contributed by atoms with van der Waals surface area (Å²) >= 11 is 0. The number of sulfonamides is 1. The number of nitrogens with zero attached hydrogens (tertiary/aromatic N) is 2. The Morgan fingerprint density at radius 1 is 1.13 bits per heavy atom. The SMILES string of the molecule is Cc1cc(NC(=O)c2ccc(C)c(S(=O)(=O)N(C)C)c2)ccn1. The third kappa shape index (κ3) is 3.75. The molecule has 23 heavy (non-hydrogen) atoms. The van der Waals surface area contributed by atoms with Gasteiger partial charge in [0.05, 0.1) is 4.90 Å². The predicted molar refractivity (Wildman–Crippen MR) is 89.0 cm³/mol. The molecule has 1 amide bonds. The number of aryl methyl sites for hydroxylation is 2. The largest absolute Gasteiger partial charge is 0.322 e. The smallest absolute Gasteiger partial charge is 0.255 e. The zero-order chi connectivity index (χ0) is 17.2. The van der Waals surface area contributed by atoms with Crippen LogP contribution in [0.2, 0.25) is 0 Å². The normalized spacial score (nSPS) is 11.5. The number of carbonyl (C=O) groups excluding carboxylic acids is 1. The van der Waals surface area contributed by atoms with Crippen molar-refractivity contribution in [2.75, 3.05) is 19.4 Å². The minimum absolute atomic E-state index is 0.126. The van der Waals surface area contributed by atoms with Crippen LogP contribution in [0.5, 0.6) is 0 Å². The fourth-order valence-corrected chi connectivity index (χ4v) is 3.19. The number of carbonyl (C=O) groups is 1. The lowest BCUT2D eigenvalue weighted by molar-refractivity contribution is 0.102. The third-order valence-electron chi connectivity index (χ3n) is 3.36. The standard InChI is InChI=1S/C16H19N3O3S/c1-11-5-6-13(10-15(11)23(21,22)19(3)4)16(20)18-14-7-8-17-12(2)9-14/h5-10H,1-4H3,(H,17,18,20). The molecule has 1 aromatic heterocycles. The van der Waals surface area contributed by atoms with Crippen molar-refractivity contribution >= 4 is 21.6 Å². The lowest BCUT2D eigenvalue weighted by atomic mass is 10.1. The maximum absolute atomic E-state index is 12.3. The van der Waals surface area contributed by atoms with Gasteiger partial charge in [-0.1, -0.05) is 6.07 Å². The van der Waals surface area contributed by atoms with Crippen LogP contribution in [0.15, 0.2) is 41.4 Å². The van der Waals surface area contributed by atoms with Crippen LogP contribution in [0, 0.1) is 13.8 Å². The molecule has 0 saturated carbocycles. The van der Waals surface area contributed by atoms with E-state index in [0.717, 1.165) is 10.00 Å². The summed E-state index contributed by atoms with van der Waals surface area (Å²) in [4.78, 5) is 16.5. The molecule has 0 spiro atoms. The van der Waals surface area contributed by atoms with Gasteiger partial charge in [-0.05, 0) is 43.7 Å². The van der Waals surface area contributed by atoms with Crippen molar-refractivity contribution in [1.29, 1.82) is 0 Å². The number of amides is 1. The van der Waals surface area contributed by atoms with Crippen molar-refractivity contribution in [2.24, 2.45) is 0 Å². The van der Waals surface area contributed by atoms with Gasteiger partial charge < -0.3 is 5.32 Å². The molecule has 0 aliphatic rings. The van der Waals surface area contributed by atoms with Crippen molar-refractivity contribution in [1.82, 2.24) is 9.29 Å². The van der Waals surface area contributed by atoms with Crippen LogP contribution in [0.4, 0.5) is 5.69 Å². The van der Waals surface area contributed by atoms with Gasteiger partial charge in [-0.15, -0.1) is 0 Å². The lowest BCUT2D eigenvalue weighted by Gasteiger charge is -2.14. The second kappa shape index (κ2) is 6.47. The quantitative estimate of drug-likeness (QED) is 0.930. The molecule has 0 radical (unpaired) electrons. The van der Waals surface area contributed by atoms with E-state index in [0.29, 0.717) is 11.3 Å². The highest BCUT2D eigenvalue weighted by Gasteiger charge is 2.21. The Labute approximate surface area is 136 Å². The Hall–Kier alpha value is -2.25. The van der Waals surface area contributed by atoms with E-state index in [9.17, 15) is 13.2 Å². The zero-order valence-electron chi connectivity index (χ0n) is 13.5. The molecule has 0 unspecified atom stereocenters. The molecule has 2 rings (SSSR count). The van der Waals surface area contributed by atoms with Crippen LogP contribution in [-0.2, 0) is 10.0 Å². The van der Waals surface area contributed by atoms with E-state index in [-0.39, 0.29) is 16.4 Å². The molecule has 0 saturated heterocycles. The molecule has 0 aliphatic carbocycles. The average Bonchev–Trinajstić information content (AvgIpc) is 2.47. The summed E-state index contributed by atoms with van der Waals surface area (Å²) in [6.07, 6.45) is 1.60. The van der Waals surface area contributed by atoms with Crippen molar-refractivity contribution in [3.05, 3.63) is 53.3 Å². The summed E-state index contributed by atoms with van der Waals surface area (Å²) in [5, 5.41) is 2.74. The summed E-state index contributed by atoms with van der Waals surface area (Å²) in [7, 11) is -0.681. The molecule has 0 aliphatic heterocycles.